The van der Waals surface area contributed by atoms with Crippen LogP contribution in [-0.4, -0.2) is 22.0 Å². The summed E-state index contributed by atoms with van der Waals surface area (Å²) in [7, 11) is 2.06. The maximum Gasteiger partial charge on any atom is 0.133 e. The molecule has 1 aromatic heterocycles. The van der Waals surface area contributed by atoms with Crippen LogP contribution < -0.4 is 4.90 Å². The molecule has 0 radical (unpaired) electrons. The number of aromatic nitrogens is 3. The van der Waals surface area contributed by atoms with Gasteiger partial charge in [-0.3, -0.25) is 0 Å². The highest BCUT2D eigenvalue weighted by atomic mass is 15.5. The minimum atomic E-state index is 0.0193. The summed E-state index contributed by atoms with van der Waals surface area (Å²) < 4.78 is 1.91. The first-order chi connectivity index (χ1) is 11.0. The number of para-hydroxylation sites is 2. The van der Waals surface area contributed by atoms with Crippen LogP contribution in [0.3, 0.4) is 0 Å². The molecule has 0 fully saturated rings. The van der Waals surface area contributed by atoms with Crippen molar-refractivity contribution in [1.29, 1.82) is 0 Å². The van der Waals surface area contributed by atoms with Crippen molar-refractivity contribution in [2.45, 2.75) is 20.8 Å². The third-order valence-electron chi connectivity index (χ3n) is 3.62. The molecule has 3 aromatic rings. The standard InChI is InChI=1S/C19H22N4/c1-19(2,3)14-18(22(4)15-10-6-5-7-11-15)23-17-13-9-8-12-16(17)20-21-23/h5-14H,1-4H3. The average molecular weight is 306 g/mol. The normalized spacial score (nSPS) is 12.6. The highest BCUT2D eigenvalue weighted by Gasteiger charge is 2.18. The van der Waals surface area contributed by atoms with Gasteiger partial charge in [-0.1, -0.05) is 56.3 Å². The molecule has 0 saturated heterocycles. The fraction of sp³-hybridized carbons (Fsp3) is 0.263. The van der Waals surface area contributed by atoms with Crippen molar-refractivity contribution in [3.8, 4) is 0 Å². The van der Waals surface area contributed by atoms with Crippen LogP contribution in [0, 0.1) is 5.41 Å². The Morgan fingerprint density at radius 3 is 2.35 bits per heavy atom. The molecule has 2 aromatic carbocycles. The van der Waals surface area contributed by atoms with Crippen molar-refractivity contribution < 1.29 is 0 Å². The minimum Gasteiger partial charge on any atom is -0.330 e. The predicted octanol–water partition coefficient (Wildman–Crippen LogP) is 4.41. The lowest BCUT2D eigenvalue weighted by Crippen LogP contribution is -2.23. The number of nitrogens with zero attached hydrogens (tertiary/aromatic N) is 4. The van der Waals surface area contributed by atoms with Crippen LogP contribution in [0.4, 0.5) is 5.69 Å². The van der Waals surface area contributed by atoms with Crippen molar-refractivity contribution in [2.24, 2.45) is 5.41 Å². The second-order valence-electron chi connectivity index (χ2n) is 6.75. The lowest BCUT2D eigenvalue weighted by Gasteiger charge is -2.26. The maximum atomic E-state index is 4.38. The van der Waals surface area contributed by atoms with Crippen LogP contribution in [0.15, 0.2) is 60.7 Å². The van der Waals surface area contributed by atoms with E-state index in [0.717, 1.165) is 22.5 Å². The predicted molar refractivity (Wildman–Crippen MR) is 96.1 cm³/mol. The van der Waals surface area contributed by atoms with Crippen LogP contribution in [0.25, 0.3) is 16.9 Å². The van der Waals surface area contributed by atoms with Crippen LogP contribution in [0.2, 0.25) is 0 Å². The van der Waals surface area contributed by atoms with E-state index in [0.29, 0.717) is 0 Å². The van der Waals surface area contributed by atoms with E-state index < -0.39 is 0 Å². The molecule has 0 unspecified atom stereocenters. The molecule has 23 heavy (non-hydrogen) atoms. The van der Waals surface area contributed by atoms with E-state index in [-0.39, 0.29) is 5.41 Å². The summed E-state index contributed by atoms with van der Waals surface area (Å²) in [6.45, 7) is 6.56. The van der Waals surface area contributed by atoms with Gasteiger partial charge in [-0.2, -0.15) is 4.68 Å². The van der Waals surface area contributed by atoms with Gasteiger partial charge in [0.2, 0.25) is 0 Å². The quantitative estimate of drug-likeness (QED) is 0.718. The van der Waals surface area contributed by atoms with Gasteiger partial charge < -0.3 is 4.90 Å². The van der Waals surface area contributed by atoms with Crippen LogP contribution >= 0.6 is 0 Å². The molecule has 0 saturated carbocycles. The summed E-state index contributed by atoms with van der Waals surface area (Å²) in [5.74, 6) is 0.998. The van der Waals surface area contributed by atoms with Crippen molar-refractivity contribution in [3.63, 3.8) is 0 Å². The summed E-state index contributed by atoms with van der Waals surface area (Å²) in [4.78, 5) is 2.15. The van der Waals surface area contributed by atoms with Crippen LogP contribution in [0.5, 0.6) is 0 Å². The molecule has 0 aliphatic rings. The highest BCUT2D eigenvalue weighted by Crippen LogP contribution is 2.27. The number of benzene rings is 2. The third kappa shape index (κ3) is 3.26. The van der Waals surface area contributed by atoms with E-state index in [4.69, 9.17) is 0 Å². The van der Waals surface area contributed by atoms with Crippen LogP contribution in [0.1, 0.15) is 20.8 Å². The lowest BCUT2D eigenvalue weighted by atomic mass is 9.96. The summed E-state index contributed by atoms with van der Waals surface area (Å²) in [5.41, 5.74) is 3.04. The van der Waals surface area contributed by atoms with E-state index in [1.807, 2.05) is 47.1 Å². The topological polar surface area (TPSA) is 34.0 Å². The number of fused-ring (bicyclic) bond motifs is 1. The van der Waals surface area contributed by atoms with Crippen molar-refractivity contribution >= 4 is 22.5 Å². The summed E-state index contributed by atoms with van der Waals surface area (Å²) in [6, 6.07) is 18.3. The number of hydrogen-bond acceptors (Lipinski definition) is 3. The van der Waals surface area contributed by atoms with Gasteiger partial charge in [0, 0.05) is 12.7 Å². The van der Waals surface area contributed by atoms with E-state index in [2.05, 4.69) is 61.2 Å². The summed E-state index contributed by atoms with van der Waals surface area (Å²) in [6.07, 6.45) is 2.22. The molecule has 0 atom stereocenters. The molecule has 0 N–H and O–H groups in total. The van der Waals surface area contributed by atoms with Gasteiger partial charge >= 0.3 is 0 Å². The van der Waals surface area contributed by atoms with Gasteiger partial charge in [0.1, 0.15) is 11.3 Å². The lowest BCUT2D eigenvalue weighted by molar-refractivity contribution is 0.540. The monoisotopic (exact) mass is 306 g/mol. The van der Waals surface area contributed by atoms with E-state index in [1.165, 1.54) is 0 Å². The van der Waals surface area contributed by atoms with E-state index >= 15 is 0 Å². The summed E-state index contributed by atoms with van der Waals surface area (Å²) >= 11 is 0. The number of allylic oxidation sites excluding steroid dienone is 1. The van der Waals surface area contributed by atoms with E-state index in [9.17, 15) is 0 Å². The molecule has 3 rings (SSSR count). The first kappa shape index (κ1) is 15.3. The average Bonchev–Trinajstić information content (AvgIpc) is 2.96. The fourth-order valence-corrected chi connectivity index (χ4v) is 2.51. The van der Waals surface area contributed by atoms with Crippen molar-refractivity contribution in [3.05, 3.63) is 60.7 Å². The molecule has 0 aliphatic carbocycles. The van der Waals surface area contributed by atoms with Gasteiger partial charge in [0.15, 0.2) is 0 Å². The SMILES string of the molecule is CN(C(=CC(C)(C)C)n1nnc2ccccc21)c1ccccc1. The molecule has 0 amide bonds. The Morgan fingerprint density at radius 2 is 1.65 bits per heavy atom. The Kier molecular flexibility index (Phi) is 3.90. The Morgan fingerprint density at radius 1 is 1.00 bits per heavy atom. The third-order valence-corrected chi connectivity index (χ3v) is 3.62. The van der Waals surface area contributed by atoms with Gasteiger partial charge in [-0.15, -0.1) is 5.10 Å². The first-order valence-electron chi connectivity index (χ1n) is 7.78. The zero-order valence-electron chi connectivity index (χ0n) is 14.1. The molecule has 118 valence electrons. The van der Waals surface area contributed by atoms with Crippen LogP contribution in [-0.2, 0) is 0 Å². The zero-order valence-corrected chi connectivity index (χ0v) is 14.1. The second kappa shape index (κ2) is 5.88. The number of hydrogen-bond donors (Lipinski definition) is 0. The Balaban J connectivity index is 2.16. The van der Waals surface area contributed by atoms with Gasteiger partial charge in [-0.25, -0.2) is 0 Å². The highest BCUT2D eigenvalue weighted by molar-refractivity contribution is 5.80. The Hall–Kier alpha value is -2.62. The summed E-state index contributed by atoms with van der Waals surface area (Å²) in [5, 5.41) is 8.67. The maximum absolute atomic E-state index is 4.38. The molecule has 4 nitrogen and oxygen atoms in total. The molecular formula is C19H22N4. The Labute approximate surface area is 137 Å². The molecule has 0 spiro atoms. The van der Waals surface area contributed by atoms with E-state index in [1.54, 1.807) is 0 Å². The van der Waals surface area contributed by atoms with Crippen molar-refractivity contribution in [1.82, 2.24) is 15.0 Å². The smallest absolute Gasteiger partial charge is 0.133 e. The van der Waals surface area contributed by atoms with Gasteiger partial charge in [-0.05, 0) is 35.8 Å². The molecule has 0 bridgehead atoms. The fourth-order valence-electron chi connectivity index (χ4n) is 2.51. The molecular weight excluding hydrogens is 284 g/mol. The molecule has 0 aliphatic heterocycles. The molecule has 4 heteroatoms. The Bertz CT molecular complexity index is 825. The minimum absolute atomic E-state index is 0.0193. The van der Waals surface area contributed by atoms with Gasteiger partial charge in [0.05, 0.1) is 5.52 Å². The number of anilines is 1. The molecule has 1 heterocycles. The van der Waals surface area contributed by atoms with Crippen molar-refractivity contribution in [2.75, 3.05) is 11.9 Å². The largest absolute Gasteiger partial charge is 0.330 e. The first-order valence-corrected chi connectivity index (χ1v) is 7.78. The zero-order chi connectivity index (χ0) is 16.4. The second-order valence-corrected chi connectivity index (χ2v) is 6.75. The van der Waals surface area contributed by atoms with Gasteiger partial charge in [0.25, 0.3) is 0 Å². The number of rotatable bonds is 3.